The van der Waals surface area contributed by atoms with E-state index in [2.05, 4.69) is 4.98 Å². The third-order valence-electron chi connectivity index (χ3n) is 6.24. The zero-order valence-corrected chi connectivity index (χ0v) is 16.8. The molecule has 0 bridgehead atoms. The van der Waals surface area contributed by atoms with E-state index >= 15 is 0 Å². The van der Waals surface area contributed by atoms with Gasteiger partial charge >= 0.3 is 0 Å². The van der Waals surface area contributed by atoms with Crippen molar-refractivity contribution in [3.63, 3.8) is 0 Å². The Hall–Kier alpha value is -2.50. The molecule has 2 aliphatic rings. The van der Waals surface area contributed by atoms with E-state index in [1.165, 1.54) is 6.42 Å². The summed E-state index contributed by atoms with van der Waals surface area (Å²) in [6.45, 7) is 6.05. The van der Waals surface area contributed by atoms with Crippen molar-refractivity contribution in [2.45, 2.75) is 51.5 Å². The summed E-state index contributed by atoms with van der Waals surface area (Å²) in [7, 11) is 0. The smallest absolute Gasteiger partial charge is 0.270 e. The molecule has 2 amide bonds. The van der Waals surface area contributed by atoms with Crippen LogP contribution in [0, 0.1) is 0 Å². The average Bonchev–Trinajstić information content (AvgIpc) is 3.11. The molecule has 28 heavy (non-hydrogen) atoms. The van der Waals surface area contributed by atoms with E-state index in [1.54, 1.807) is 6.92 Å². The van der Waals surface area contributed by atoms with Crippen LogP contribution in [0.5, 0.6) is 5.75 Å². The van der Waals surface area contributed by atoms with Gasteiger partial charge in [0.2, 0.25) is 5.91 Å². The Balaban J connectivity index is 1.57. The number of benzene rings is 1. The normalized spacial score (nSPS) is 19.2. The number of rotatable bonds is 3. The molecule has 2 aromatic rings. The third kappa shape index (κ3) is 3.36. The first-order valence-electron chi connectivity index (χ1n) is 10.4. The SMILES string of the molecule is CCOc1ccc2cc(C(=O)N3CCN(C(C)=O)C4(CCCCC4)C3)[nH]c2c1. The summed E-state index contributed by atoms with van der Waals surface area (Å²) in [6, 6.07) is 7.75. The Morgan fingerprint density at radius 3 is 2.64 bits per heavy atom. The predicted octanol–water partition coefficient (Wildman–Crippen LogP) is 3.57. The first-order chi connectivity index (χ1) is 13.5. The lowest BCUT2D eigenvalue weighted by molar-refractivity contribution is -0.141. The van der Waals surface area contributed by atoms with Crippen LogP contribution in [0.15, 0.2) is 24.3 Å². The summed E-state index contributed by atoms with van der Waals surface area (Å²) in [5, 5.41) is 1.00. The van der Waals surface area contributed by atoms with Crippen LogP contribution in [0.2, 0.25) is 0 Å². The largest absolute Gasteiger partial charge is 0.494 e. The molecule has 1 aromatic heterocycles. The first kappa shape index (κ1) is 18.8. The highest BCUT2D eigenvalue weighted by molar-refractivity contribution is 5.98. The molecule has 1 aliphatic heterocycles. The minimum atomic E-state index is -0.188. The molecule has 1 N–H and O–H groups in total. The summed E-state index contributed by atoms with van der Waals surface area (Å²) < 4.78 is 5.56. The van der Waals surface area contributed by atoms with Crippen LogP contribution in [-0.4, -0.2) is 58.4 Å². The van der Waals surface area contributed by atoms with E-state index < -0.39 is 0 Å². The fraction of sp³-hybridized carbons (Fsp3) is 0.545. The molecule has 6 heteroatoms. The number of carbonyl (C=O) groups excluding carboxylic acids is 2. The van der Waals surface area contributed by atoms with E-state index in [0.29, 0.717) is 31.9 Å². The molecule has 6 nitrogen and oxygen atoms in total. The molecule has 1 aliphatic carbocycles. The molecule has 0 radical (unpaired) electrons. The van der Waals surface area contributed by atoms with Crippen molar-refractivity contribution < 1.29 is 14.3 Å². The Labute approximate surface area is 165 Å². The van der Waals surface area contributed by atoms with Gasteiger partial charge in [-0.05, 0) is 38.0 Å². The number of aromatic nitrogens is 1. The Morgan fingerprint density at radius 1 is 1.14 bits per heavy atom. The van der Waals surface area contributed by atoms with Crippen LogP contribution in [0.4, 0.5) is 0 Å². The second-order valence-corrected chi connectivity index (χ2v) is 8.05. The van der Waals surface area contributed by atoms with Crippen molar-refractivity contribution in [1.29, 1.82) is 0 Å². The molecule has 1 spiro atoms. The fourth-order valence-electron chi connectivity index (χ4n) is 4.93. The van der Waals surface area contributed by atoms with E-state index in [-0.39, 0.29) is 17.4 Å². The lowest BCUT2D eigenvalue weighted by Gasteiger charge is -2.52. The van der Waals surface area contributed by atoms with Crippen LogP contribution in [0.25, 0.3) is 10.9 Å². The molecule has 0 atom stereocenters. The number of aromatic amines is 1. The summed E-state index contributed by atoms with van der Waals surface area (Å²) in [6.07, 6.45) is 5.43. The maximum absolute atomic E-state index is 13.2. The predicted molar refractivity (Wildman–Crippen MR) is 109 cm³/mol. The van der Waals surface area contributed by atoms with Gasteiger partial charge in [-0.2, -0.15) is 0 Å². The summed E-state index contributed by atoms with van der Waals surface area (Å²) in [4.78, 5) is 32.7. The van der Waals surface area contributed by atoms with Crippen molar-refractivity contribution in [3.05, 3.63) is 30.0 Å². The van der Waals surface area contributed by atoms with Crippen molar-refractivity contribution in [3.8, 4) is 5.75 Å². The Morgan fingerprint density at radius 2 is 1.93 bits per heavy atom. The summed E-state index contributed by atoms with van der Waals surface area (Å²) in [5.74, 6) is 0.942. The maximum Gasteiger partial charge on any atom is 0.270 e. The second-order valence-electron chi connectivity index (χ2n) is 8.05. The number of amides is 2. The van der Waals surface area contributed by atoms with Gasteiger partial charge in [0.25, 0.3) is 5.91 Å². The number of hydrogen-bond acceptors (Lipinski definition) is 3. The highest BCUT2D eigenvalue weighted by atomic mass is 16.5. The van der Waals surface area contributed by atoms with Gasteiger partial charge < -0.3 is 19.5 Å². The molecular weight excluding hydrogens is 354 g/mol. The van der Waals surface area contributed by atoms with Gasteiger partial charge in [-0.15, -0.1) is 0 Å². The van der Waals surface area contributed by atoms with E-state index in [1.807, 2.05) is 41.0 Å². The number of fused-ring (bicyclic) bond motifs is 1. The number of hydrogen-bond donors (Lipinski definition) is 1. The van der Waals surface area contributed by atoms with Crippen molar-refractivity contribution >= 4 is 22.7 Å². The van der Waals surface area contributed by atoms with Gasteiger partial charge in [0.05, 0.1) is 12.1 Å². The number of H-pyrrole nitrogens is 1. The van der Waals surface area contributed by atoms with Crippen molar-refractivity contribution in [2.24, 2.45) is 0 Å². The molecular formula is C22H29N3O3. The lowest BCUT2D eigenvalue weighted by atomic mass is 9.78. The monoisotopic (exact) mass is 383 g/mol. The molecule has 1 aromatic carbocycles. The van der Waals surface area contributed by atoms with Gasteiger partial charge in [0.15, 0.2) is 0 Å². The molecule has 2 fully saturated rings. The lowest BCUT2D eigenvalue weighted by Crippen LogP contribution is -2.65. The van der Waals surface area contributed by atoms with Gasteiger partial charge in [0, 0.05) is 43.5 Å². The Bertz CT molecular complexity index is 882. The fourth-order valence-corrected chi connectivity index (χ4v) is 4.93. The molecule has 0 unspecified atom stereocenters. The molecule has 1 saturated heterocycles. The molecule has 150 valence electrons. The van der Waals surface area contributed by atoms with E-state index in [4.69, 9.17) is 4.74 Å². The standard InChI is InChI=1S/C22H29N3O3/c1-3-28-18-8-7-17-13-20(23-19(17)14-18)21(27)24-11-12-25(16(2)26)22(15-24)9-5-4-6-10-22/h7-8,13-14,23H,3-6,9-12,15H2,1-2H3. The Kier molecular flexibility index (Phi) is 5.04. The minimum Gasteiger partial charge on any atom is -0.494 e. The third-order valence-corrected chi connectivity index (χ3v) is 6.24. The average molecular weight is 383 g/mol. The van der Waals surface area contributed by atoms with Crippen LogP contribution in [0.1, 0.15) is 56.4 Å². The first-order valence-corrected chi connectivity index (χ1v) is 10.4. The highest BCUT2D eigenvalue weighted by Gasteiger charge is 2.44. The molecule has 2 heterocycles. The zero-order chi connectivity index (χ0) is 19.7. The van der Waals surface area contributed by atoms with Gasteiger partial charge in [-0.3, -0.25) is 9.59 Å². The highest BCUT2D eigenvalue weighted by Crippen LogP contribution is 2.37. The topological polar surface area (TPSA) is 65.6 Å². The van der Waals surface area contributed by atoms with Crippen LogP contribution >= 0.6 is 0 Å². The number of nitrogens with zero attached hydrogens (tertiary/aromatic N) is 2. The van der Waals surface area contributed by atoms with Gasteiger partial charge in [-0.1, -0.05) is 19.3 Å². The van der Waals surface area contributed by atoms with Gasteiger partial charge in [0.1, 0.15) is 11.4 Å². The molecule has 4 rings (SSSR count). The molecule has 1 saturated carbocycles. The maximum atomic E-state index is 13.2. The van der Waals surface area contributed by atoms with E-state index in [9.17, 15) is 9.59 Å². The number of ether oxygens (including phenoxy) is 1. The minimum absolute atomic E-state index is 0.0160. The van der Waals surface area contributed by atoms with Crippen LogP contribution in [0.3, 0.4) is 0 Å². The quantitative estimate of drug-likeness (QED) is 0.881. The number of nitrogens with one attached hydrogen (secondary N) is 1. The zero-order valence-electron chi connectivity index (χ0n) is 16.8. The van der Waals surface area contributed by atoms with Crippen LogP contribution < -0.4 is 4.74 Å². The van der Waals surface area contributed by atoms with Crippen LogP contribution in [-0.2, 0) is 4.79 Å². The second kappa shape index (κ2) is 7.49. The van der Waals surface area contributed by atoms with E-state index in [0.717, 1.165) is 42.3 Å². The van der Waals surface area contributed by atoms with Gasteiger partial charge in [-0.25, -0.2) is 0 Å². The van der Waals surface area contributed by atoms with Crippen molar-refractivity contribution in [1.82, 2.24) is 14.8 Å². The number of piperazine rings is 1. The summed E-state index contributed by atoms with van der Waals surface area (Å²) in [5.41, 5.74) is 1.32. The number of carbonyl (C=O) groups is 2. The summed E-state index contributed by atoms with van der Waals surface area (Å²) >= 11 is 0. The van der Waals surface area contributed by atoms with Crippen molar-refractivity contribution in [2.75, 3.05) is 26.2 Å².